The van der Waals surface area contributed by atoms with Gasteiger partial charge >= 0.3 is 6.18 Å². The minimum atomic E-state index is -4.46. The van der Waals surface area contributed by atoms with Gasteiger partial charge in [0.1, 0.15) is 5.76 Å². The molecule has 4 rings (SSSR count). The lowest BCUT2D eigenvalue weighted by Gasteiger charge is -2.10. The Morgan fingerprint density at radius 3 is 2.66 bits per heavy atom. The van der Waals surface area contributed by atoms with Crippen LogP contribution in [0.2, 0.25) is 0 Å². The number of fused-ring (bicyclic) bond motifs is 1. The van der Waals surface area contributed by atoms with Crippen molar-refractivity contribution >= 4 is 27.9 Å². The van der Waals surface area contributed by atoms with E-state index in [1.807, 2.05) is 12.1 Å². The van der Waals surface area contributed by atoms with Gasteiger partial charge in [0, 0.05) is 40.5 Å². The molecule has 32 heavy (non-hydrogen) atoms. The van der Waals surface area contributed by atoms with Crippen LogP contribution in [0.15, 0.2) is 102 Å². The molecule has 0 bridgehead atoms. The summed E-state index contributed by atoms with van der Waals surface area (Å²) < 4.78 is 44.8. The minimum absolute atomic E-state index is 0.321. The highest BCUT2D eigenvalue weighted by Gasteiger charge is 2.30. The van der Waals surface area contributed by atoms with Crippen molar-refractivity contribution in [2.45, 2.75) is 6.18 Å². The Morgan fingerprint density at radius 1 is 1.03 bits per heavy atom. The summed E-state index contributed by atoms with van der Waals surface area (Å²) in [5, 5.41) is 4.54. The maximum atomic E-state index is 13.1. The maximum Gasteiger partial charge on any atom is 0.416 e. The molecule has 0 radical (unpaired) electrons. The summed E-state index contributed by atoms with van der Waals surface area (Å²) in [5.74, 6) is 0.00401. The fourth-order valence-corrected chi connectivity index (χ4v) is 3.25. The Balaban J connectivity index is 1.60. The zero-order valence-electron chi connectivity index (χ0n) is 16.6. The number of hydrogen-bond acceptors (Lipinski definition) is 3. The van der Waals surface area contributed by atoms with Crippen molar-refractivity contribution in [2.75, 3.05) is 5.32 Å². The predicted octanol–water partition coefficient (Wildman–Crippen LogP) is 6.47. The van der Waals surface area contributed by atoms with E-state index in [1.165, 1.54) is 24.5 Å². The number of anilines is 1. The lowest BCUT2D eigenvalue weighted by Crippen LogP contribution is -2.08. The molecule has 1 N–H and O–H groups in total. The second-order valence-corrected chi connectivity index (χ2v) is 6.89. The van der Waals surface area contributed by atoms with E-state index in [0.29, 0.717) is 22.6 Å². The normalized spacial score (nSPS) is 12.4. The second-order valence-electron chi connectivity index (χ2n) is 6.89. The van der Waals surface area contributed by atoms with Gasteiger partial charge < -0.3 is 9.73 Å². The number of amides is 1. The van der Waals surface area contributed by atoms with Crippen LogP contribution in [0.25, 0.3) is 16.3 Å². The number of rotatable bonds is 5. The number of furan rings is 1. The Morgan fingerprint density at radius 2 is 1.88 bits per heavy atom. The molecule has 0 unspecified atom stereocenters. The van der Waals surface area contributed by atoms with Crippen molar-refractivity contribution in [1.29, 1.82) is 0 Å². The van der Waals surface area contributed by atoms with Gasteiger partial charge in [-0.1, -0.05) is 36.4 Å². The Labute approximate surface area is 181 Å². The van der Waals surface area contributed by atoms with E-state index in [-0.39, 0.29) is 5.91 Å². The Kier molecular flexibility index (Phi) is 5.89. The number of aromatic nitrogens is 1. The summed E-state index contributed by atoms with van der Waals surface area (Å²) in [5.41, 5.74) is 0.607. The van der Waals surface area contributed by atoms with E-state index < -0.39 is 11.7 Å². The molecule has 0 atom stereocenters. The third-order valence-corrected chi connectivity index (χ3v) is 4.74. The Bertz CT molecular complexity index is 1300. The lowest BCUT2D eigenvalue weighted by atomic mass is 10.0. The molecule has 2 aromatic heterocycles. The monoisotopic (exact) mass is 434 g/mol. The van der Waals surface area contributed by atoms with E-state index in [2.05, 4.69) is 10.3 Å². The number of alkyl halides is 3. The van der Waals surface area contributed by atoms with E-state index in [1.54, 1.807) is 48.8 Å². The third-order valence-electron chi connectivity index (χ3n) is 4.74. The molecule has 2 aromatic carbocycles. The number of pyridine rings is 1. The van der Waals surface area contributed by atoms with Gasteiger partial charge in [-0.05, 0) is 42.0 Å². The van der Waals surface area contributed by atoms with Crippen LogP contribution in [-0.4, -0.2) is 10.9 Å². The van der Waals surface area contributed by atoms with Gasteiger partial charge in [0.05, 0.1) is 11.8 Å². The minimum Gasteiger partial charge on any atom is -0.464 e. The van der Waals surface area contributed by atoms with Crippen molar-refractivity contribution in [3.63, 3.8) is 0 Å². The van der Waals surface area contributed by atoms with Gasteiger partial charge in [-0.25, -0.2) is 0 Å². The number of carbonyl (C=O) groups excluding carboxylic acids is 1. The van der Waals surface area contributed by atoms with Crippen molar-refractivity contribution < 1.29 is 22.4 Å². The van der Waals surface area contributed by atoms with Gasteiger partial charge in [0.25, 0.3) is 0 Å². The highest BCUT2D eigenvalue weighted by molar-refractivity contribution is 6.06. The summed E-state index contributed by atoms with van der Waals surface area (Å²) in [4.78, 5) is 16.5. The lowest BCUT2D eigenvalue weighted by molar-refractivity contribution is -0.137. The topological polar surface area (TPSA) is 55.1 Å². The summed E-state index contributed by atoms with van der Waals surface area (Å²) in [6.45, 7) is 0. The van der Waals surface area contributed by atoms with E-state index in [4.69, 9.17) is 4.42 Å². The number of nitrogens with zero attached hydrogens (tertiary/aromatic N) is 1. The maximum absolute atomic E-state index is 13.1. The van der Waals surface area contributed by atoms with Crippen LogP contribution in [0.1, 0.15) is 16.9 Å². The van der Waals surface area contributed by atoms with Crippen LogP contribution in [0.5, 0.6) is 0 Å². The van der Waals surface area contributed by atoms with Crippen LogP contribution in [0, 0.1) is 0 Å². The molecule has 4 aromatic rings. The smallest absolute Gasteiger partial charge is 0.416 e. The average molecular weight is 434 g/mol. The fraction of sp³-hybridized carbons (Fsp3) is 0.0400. The average Bonchev–Trinajstić information content (AvgIpc) is 3.31. The number of benzene rings is 2. The third kappa shape index (κ3) is 4.78. The van der Waals surface area contributed by atoms with Crippen molar-refractivity contribution in [1.82, 2.24) is 4.98 Å². The molecule has 160 valence electrons. The largest absolute Gasteiger partial charge is 0.464 e. The van der Waals surface area contributed by atoms with Gasteiger partial charge in [-0.15, -0.1) is 0 Å². The standard InChI is InChI=1S/C25H17F3N2O2/c26-25(27,28)19-7-1-5-17(15-19)21(23-10-4-14-32-23)8-3-11-24(31)30-22-9-2-6-18-16-29-13-12-20(18)22/h1-16H,(H,30,31)/b11-3+,21-8+. The number of allylic oxidation sites excluding steroid dienone is 2. The number of carbonyl (C=O) groups is 1. The van der Waals surface area contributed by atoms with Gasteiger partial charge in [-0.2, -0.15) is 13.2 Å². The molecular weight excluding hydrogens is 417 g/mol. The summed E-state index contributed by atoms with van der Waals surface area (Å²) in [6.07, 6.45) is 4.63. The quantitative estimate of drug-likeness (QED) is 0.289. The van der Waals surface area contributed by atoms with Gasteiger partial charge in [-0.3, -0.25) is 9.78 Å². The molecule has 4 nitrogen and oxygen atoms in total. The molecule has 7 heteroatoms. The SMILES string of the molecule is O=C(/C=C/C=C(\c1cccc(C(F)(F)F)c1)c1ccco1)Nc1cccc2cnccc12. The van der Waals surface area contributed by atoms with Crippen molar-refractivity contribution in [2.24, 2.45) is 0 Å². The van der Waals surface area contributed by atoms with Crippen LogP contribution in [0.3, 0.4) is 0 Å². The first-order chi connectivity index (χ1) is 15.4. The highest BCUT2D eigenvalue weighted by Crippen LogP contribution is 2.32. The molecule has 0 saturated heterocycles. The molecule has 1 amide bonds. The molecule has 0 aliphatic carbocycles. The highest BCUT2D eigenvalue weighted by atomic mass is 19.4. The van der Waals surface area contributed by atoms with E-state index in [9.17, 15) is 18.0 Å². The number of nitrogens with one attached hydrogen (secondary N) is 1. The van der Waals surface area contributed by atoms with Crippen molar-refractivity contribution in [3.8, 4) is 0 Å². The van der Waals surface area contributed by atoms with E-state index >= 15 is 0 Å². The van der Waals surface area contributed by atoms with Crippen LogP contribution < -0.4 is 5.32 Å². The molecule has 0 aliphatic heterocycles. The second kappa shape index (κ2) is 8.93. The van der Waals surface area contributed by atoms with Crippen LogP contribution in [0.4, 0.5) is 18.9 Å². The summed E-state index contributed by atoms with van der Waals surface area (Å²) in [6, 6.07) is 15.5. The fourth-order valence-electron chi connectivity index (χ4n) is 3.25. The van der Waals surface area contributed by atoms with E-state index in [0.717, 1.165) is 22.9 Å². The first-order valence-corrected chi connectivity index (χ1v) is 9.65. The number of hydrogen-bond donors (Lipinski definition) is 1. The van der Waals surface area contributed by atoms with Crippen molar-refractivity contribution in [3.05, 3.63) is 114 Å². The molecular formula is C25H17F3N2O2. The van der Waals surface area contributed by atoms with Gasteiger partial charge in [0.2, 0.25) is 5.91 Å². The van der Waals surface area contributed by atoms with Crippen LogP contribution in [-0.2, 0) is 11.0 Å². The molecule has 0 fully saturated rings. The van der Waals surface area contributed by atoms with Gasteiger partial charge in [0.15, 0.2) is 0 Å². The first kappa shape index (κ1) is 21.1. The first-order valence-electron chi connectivity index (χ1n) is 9.65. The molecule has 0 aliphatic rings. The van der Waals surface area contributed by atoms with Crippen LogP contribution >= 0.6 is 0 Å². The Hall–Kier alpha value is -4.13. The number of halogens is 3. The summed E-state index contributed by atoms with van der Waals surface area (Å²) in [7, 11) is 0. The molecule has 0 spiro atoms. The predicted molar refractivity (Wildman–Crippen MR) is 117 cm³/mol. The zero-order valence-corrected chi connectivity index (χ0v) is 16.6. The molecule has 0 saturated carbocycles. The molecule has 2 heterocycles. The summed E-state index contributed by atoms with van der Waals surface area (Å²) >= 11 is 0. The zero-order chi connectivity index (χ0) is 22.6.